The second-order valence-corrected chi connectivity index (χ2v) is 6.17. The van der Waals surface area contributed by atoms with E-state index in [1.165, 1.54) is 12.1 Å². The van der Waals surface area contributed by atoms with Gasteiger partial charge in [-0.3, -0.25) is 14.4 Å². The van der Waals surface area contributed by atoms with Gasteiger partial charge in [0.1, 0.15) is 12.4 Å². The molecule has 2 aromatic rings. The van der Waals surface area contributed by atoms with E-state index >= 15 is 0 Å². The molecule has 2 N–H and O–H groups in total. The highest BCUT2D eigenvalue weighted by Crippen LogP contribution is 2.15. The van der Waals surface area contributed by atoms with Crippen molar-refractivity contribution in [1.29, 1.82) is 0 Å². The number of hydrogen-bond acceptors (Lipinski definition) is 4. The van der Waals surface area contributed by atoms with Crippen LogP contribution in [0.15, 0.2) is 36.4 Å². The number of rotatable bonds is 6. The highest BCUT2D eigenvalue weighted by molar-refractivity contribution is 5.96. The molecule has 142 valence electrons. The summed E-state index contributed by atoms with van der Waals surface area (Å²) in [4.78, 5) is 35.4. The minimum atomic E-state index is -0.772. The molecule has 0 aliphatic heterocycles. The average Bonchev–Trinajstić information content (AvgIpc) is 2.62. The van der Waals surface area contributed by atoms with E-state index in [0.29, 0.717) is 5.56 Å². The van der Waals surface area contributed by atoms with Crippen LogP contribution in [0.4, 0.5) is 10.1 Å². The largest absolute Gasteiger partial charge is 0.454 e. The molecule has 6 nitrogen and oxygen atoms in total. The van der Waals surface area contributed by atoms with Gasteiger partial charge in [-0.25, -0.2) is 4.39 Å². The van der Waals surface area contributed by atoms with Gasteiger partial charge in [0, 0.05) is 5.56 Å². The summed E-state index contributed by atoms with van der Waals surface area (Å²) in [7, 11) is 0. The number of nitrogens with one attached hydrogen (secondary N) is 2. The third-order valence-electron chi connectivity index (χ3n) is 3.93. The zero-order valence-electron chi connectivity index (χ0n) is 15.4. The van der Waals surface area contributed by atoms with Crippen molar-refractivity contribution in [2.75, 3.05) is 18.5 Å². The topological polar surface area (TPSA) is 84.5 Å². The zero-order chi connectivity index (χ0) is 20.0. The first kappa shape index (κ1) is 20.1. The van der Waals surface area contributed by atoms with E-state index in [2.05, 4.69) is 10.6 Å². The Labute approximate surface area is 156 Å². The van der Waals surface area contributed by atoms with Crippen molar-refractivity contribution in [2.24, 2.45) is 0 Å². The van der Waals surface area contributed by atoms with Gasteiger partial charge in [0.05, 0.1) is 5.69 Å². The number of hydrogen-bond donors (Lipinski definition) is 2. The van der Waals surface area contributed by atoms with Crippen molar-refractivity contribution in [3.8, 4) is 0 Å². The Bertz CT molecular complexity index is 880. The Morgan fingerprint density at radius 3 is 2.41 bits per heavy atom. The van der Waals surface area contributed by atoms with E-state index in [1.54, 1.807) is 25.1 Å². The molecule has 0 saturated heterocycles. The van der Waals surface area contributed by atoms with Crippen molar-refractivity contribution < 1.29 is 23.5 Å². The van der Waals surface area contributed by atoms with E-state index in [4.69, 9.17) is 4.74 Å². The predicted molar refractivity (Wildman–Crippen MR) is 99.0 cm³/mol. The summed E-state index contributed by atoms with van der Waals surface area (Å²) in [5, 5.41) is 4.75. The molecule has 0 aliphatic rings. The molecule has 0 spiro atoms. The quantitative estimate of drug-likeness (QED) is 0.764. The number of benzene rings is 2. The van der Waals surface area contributed by atoms with Gasteiger partial charge in [0.25, 0.3) is 11.8 Å². The molecule has 0 atom stereocenters. The second kappa shape index (κ2) is 8.93. The summed E-state index contributed by atoms with van der Waals surface area (Å²) in [6.07, 6.45) is 0. The fourth-order valence-electron chi connectivity index (χ4n) is 2.24. The molecule has 0 saturated carbocycles. The summed E-state index contributed by atoms with van der Waals surface area (Å²) in [6, 6.07) is 9.55. The summed E-state index contributed by atoms with van der Waals surface area (Å²) >= 11 is 0. The highest BCUT2D eigenvalue weighted by atomic mass is 19.1. The maximum absolute atomic E-state index is 13.7. The maximum atomic E-state index is 13.7. The molecule has 0 heterocycles. The van der Waals surface area contributed by atoms with Crippen molar-refractivity contribution in [3.63, 3.8) is 0 Å². The van der Waals surface area contributed by atoms with Crippen LogP contribution in [0.25, 0.3) is 0 Å². The van der Waals surface area contributed by atoms with E-state index in [-0.39, 0.29) is 12.2 Å². The number of halogens is 1. The van der Waals surface area contributed by atoms with Crippen LogP contribution in [0.1, 0.15) is 27.0 Å². The molecule has 0 unspecified atom stereocenters. The van der Waals surface area contributed by atoms with Crippen LogP contribution in [0.3, 0.4) is 0 Å². The smallest absolute Gasteiger partial charge is 0.325 e. The van der Waals surface area contributed by atoms with Gasteiger partial charge < -0.3 is 15.4 Å². The van der Waals surface area contributed by atoms with Gasteiger partial charge in [-0.2, -0.15) is 0 Å². The minimum absolute atomic E-state index is 0.00435. The number of aryl methyl sites for hydroxylation is 3. The number of carbonyl (C=O) groups is 3. The van der Waals surface area contributed by atoms with Crippen molar-refractivity contribution in [1.82, 2.24) is 5.32 Å². The number of carbonyl (C=O) groups excluding carboxylic acids is 3. The van der Waals surface area contributed by atoms with Gasteiger partial charge in [-0.1, -0.05) is 12.1 Å². The zero-order valence-corrected chi connectivity index (χ0v) is 15.4. The van der Waals surface area contributed by atoms with Crippen LogP contribution in [0, 0.1) is 26.6 Å². The fourth-order valence-corrected chi connectivity index (χ4v) is 2.24. The predicted octanol–water partition coefficient (Wildman–Crippen LogP) is 2.66. The number of ether oxygens (including phenoxy) is 1. The molecule has 0 radical (unpaired) electrons. The molecule has 7 heteroatoms. The van der Waals surface area contributed by atoms with Crippen molar-refractivity contribution in [3.05, 3.63) is 64.5 Å². The Morgan fingerprint density at radius 2 is 1.74 bits per heavy atom. The van der Waals surface area contributed by atoms with Crippen LogP contribution in [0.2, 0.25) is 0 Å². The minimum Gasteiger partial charge on any atom is -0.454 e. The summed E-state index contributed by atoms with van der Waals surface area (Å²) in [6.45, 7) is 4.59. The highest BCUT2D eigenvalue weighted by Gasteiger charge is 2.12. The standard InChI is InChI=1S/C20H21FN2O4/c1-12-4-7-17(16(21)8-12)23-18(24)11-27-19(25)10-22-20(26)15-6-5-13(2)14(3)9-15/h4-9H,10-11H2,1-3H3,(H,22,26)(H,23,24). The Kier molecular flexibility index (Phi) is 6.65. The molecule has 2 rings (SSSR count). The summed E-state index contributed by atoms with van der Waals surface area (Å²) in [5.41, 5.74) is 3.17. The molecule has 0 bridgehead atoms. The number of esters is 1. The Hall–Kier alpha value is -3.22. The SMILES string of the molecule is Cc1ccc(NC(=O)COC(=O)CNC(=O)c2ccc(C)c(C)c2)c(F)c1. The first-order chi connectivity index (χ1) is 12.8. The van der Waals surface area contributed by atoms with E-state index < -0.39 is 30.2 Å². The molecule has 2 amide bonds. The molecule has 0 aromatic heterocycles. The van der Waals surface area contributed by atoms with Crippen LogP contribution in [-0.4, -0.2) is 30.9 Å². The molecular formula is C20H21FN2O4. The molecule has 0 aliphatic carbocycles. The van der Waals surface area contributed by atoms with Crippen LogP contribution in [0.5, 0.6) is 0 Å². The number of anilines is 1. The normalized spacial score (nSPS) is 10.2. The fraction of sp³-hybridized carbons (Fsp3) is 0.250. The lowest BCUT2D eigenvalue weighted by atomic mass is 10.1. The average molecular weight is 372 g/mol. The third kappa shape index (κ3) is 5.91. The molecular weight excluding hydrogens is 351 g/mol. The molecule has 2 aromatic carbocycles. The van der Waals surface area contributed by atoms with E-state index in [9.17, 15) is 18.8 Å². The van der Waals surface area contributed by atoms with Crippen molar-refractivity contribution >= 4 is 23.5 Å². The van der Waals surface area contributed by atoms with E-state index in [1.807, 2.05) is 19.9 Å². The van der Waals surface area contributed by atoms with Gasteiger partial charge in [0.2, 0.25) is 0 Å². The first-order valence-electron chi connectivity index (χ1n) is 8.33. The van der Waals surface area contributed by atoms with Crippen LogP contribution >= 0.6 is 0 Å². The first-order valence-corrected chi connectivity index (χ1v) is 8.33. The summed E-state index contributed by atoms with van der Waals surface area (Å²) in [5.74, 6) is -2.44. The van der Waals surface area contributed by atoms with E-state index in [0.717, 1.165) is 16.7 Å². The molecule has 0 fully saturated rings. The van der Waals surface area contributed by atoms with Gasteiger partial charge in [-0.05, 0) is 61.7 Å². The Morgan fingerprint density at radius 1 is 1.00 bits per heavy atom. The third-order valence-corrected chi connectivity index (χ3v) is 3.93. The van der Waals surface area contributed by atoms with Gasteiger partial charge in [0.15, 0.2) is 6.61 Å². The maximum Gasteiger partial charge on any atom is 0.325 e. The second-order valence-electron chi connectivity index (χ2n) is 6.17. The van der Waals surface area contributed by atoms with Crippen LogP contribution in [-0.2, 0) is 14.3 Å². The molecule has 27 heavy (non-hydrogen) atoms. The lowest BCUT2D eigenvalue weighted by Crippen LogP contribution is -2.32. The van der Waals surface area contributed by atoms with Gasteiger partial charge >= 0.3 is 5.97 Å². The van der Waals surface area contributed by atoms with Crippen molar-refractivity contribution in [2.45, 2.75) is 20.8 Å². The number of amides is 2. The monoisotopic (exact) mass is 372 g/mol. The lowest BCUT2D eigenvalue weighted by Gasteiger charge is -2.09. The summed E-state index contributed by atoms with van der Waals surface area (Å²) < 4.78 is 18.4. The lowest BCUT2D eigenvalue weighted by molar-refractivity contribution is -0.146. The van der Waals surface area contributed by atoms with Crippen LogP contribution < -0.4 is 10.6 Å². The van der Waals surface area contributed by atoms with Gasteiger partial charge in [-0.15, -0.1) is 0 Å². The Balaban J connectivity index is 1.77.